The first kappa shape index (κ1) is 9.98. The van der Waals surface area contributed by atoms with Gasteiger partial charge in [0, 0.05) is 0 Å². The van der Waals surface area contributed by atoms with Crippen molar-refractivity contribution in [1.29, 1.82) is 0 Å². The Morgan fingerprint density at radius 2 is 2.23 bits per heavy atom. The molecule has 0 amide bonds. The summed E-state index contributed by atoms with van der Waals surface area (Å²) in [5.74, 6) is -0.200. The number of nitrogen functional groups attached to an aromatic ring is 1. The van der Waals surface area contributed by atoms with E-state index >= 15 is 0 Å². The van der Waals surface area contributed by atoms with E-state index in [1.807, 2.05) is 0 Å². The number of hydrogen-bond donors (Lipinski definition) is 1. The number of pyridine rings is 1. The van der Waals surface area contributed by atoms with Crippen LogP contribution in [0.5, 0.6) is 5.88 Å². The fourth-order valence-electron chi connectivity index (χ4n) is 0.827. The standard InChI is InChI=1S/C7H7ClF2N2O/c1-13-7-3(6(9)10)2-4(11)5(8)12-7/h2,6H,11H2,1H3. The van der Waals surface area contributed by atoms with Crippen molar-refractivity contribution in [1.82, 2.24) is 4.98 Å². The Morgan fingerprint density at radius 1 is 1.62 bits per heavy atom. The average molecular weight is 209 g/mol. The molecule has 0 spiro atoms. The number of anilines is 1. The Hall–Kier alpha value is -1.10. The molecule has 0 radical (unpaired) electrons. The predicted molar refractivity (Wildman–Crippen MR) is 45.2 cm³/mol. The van der Waals surface area contributed by atoms with E-state index < -0.39 is 6.43 Å². The van der Waals surface area contributed by atoms with Crippen molar-refractivity contribution in [3.63, 3.8) is 0 Å². The number of aromatic nitrogens is 1. The third-order valence-corrected chi connectivity index (χ3v) is 1.73. The van der Waals surface area contributed by atoms with E-state index in [1.54, 1.807) is 0 Å². The molecule has 0 fully saturated rings. The quantitative estimate of drug-likeness (QED) is 0.759. The molecule has 2 N–H and O–H groups in total. The van der Waals surface area contributed by atoms with Crippen LogP contribution in [0.3, 0.4) is 0 Å². The zero-order chi connectivity index (χ0) is 10.0. The largest absolute Gasteiger partial charge is 0.481 e. The molecule has 1 rings (SSSR count). The summed E-state index contributed by atoms with van der Waals surface area (Å²) < 4.78 is 29.2. The SMILES string of the molecule is COc1nc(Cl)c(N)cc1C(F)F. The van der Waals surface area contributed by atoms with Gasteiger partial charge in [-0.3, -0.25) is 0 Å². The molecule has 0 bridgehead atoms. The Kier molecular flexibility index (Phi) is 2.87. The minimum atomic E-state index is -2.68. The molecule has 0 saturated heterocycles. The van der Waals surface area contributed by atoms with Crippen LogP contribution in [0.4, 0.5) is 14.5 Å². The van der Waals surface area contributed by atoms with Crippen molar-refractivity contribution in [2.45, 2.75) is 6.43 Å². The van der Waals surface area contributed by atoms with E-state index in [0.717, 1.165) is 6.07 Å². The van der Waals surface area contributed by atoms with Gasteiger partial charge in [0.05, 0.1) is 18.4 Å². The van der Waals surface area contributed by atoms with Crippen LogP contribution in [0.1, 0.15) is 12.0 Å². The highest BCUT2D eigenvalue weighted by Gasteiger charge is 2.17. The number of hydrogen-bond acceptors (Lipinski definition) is 3. The highest BCUT2D eigenvalue weighted by molar-refractivity contribution is 6.31. The summed E-state index contributed by atoms with van der Waals surface area (Å²) in [6.07, 6.45) is -2.68. The molecule has 0 aromatic carbocycles. The molecule has 1 aromatic rings. The maximum Gasteiger partial charge on any atom is 0.269 e. The van der Waals surface area contributed by atoms with Crippen LogP contribution in [-0.2, 0) is 0 Å². The highest BCUT2D eigenvalue weighted by atomic mass is 35.5. The number of alkyl halides is 2. The van der Waals surface area contributed by atoms with Gasteiger partial charge in [-0.15, -0.1) is 0 Å². The topological polar surface area (TPSA) is 48.1 Å². The van der Waals surface area contributed by atoms with Gasteiger partial charge in [0.25, 0.3) is 6.43 Å². The molecule has 0 aliphatic heterocycles. The lowest BCUT2D eigenvalue weighted by Crippen LogP contribution is -1.99. The fourth-order valence-corrected chi connectivity index (χ4v) is 0.958. The van der Waals surface area contributed by atoms with Gasteiger partial charge in [-0.2, -0.15) is 4.98 Å². The Balaban J connectivity index is 3.25. The molecule has 6 heteroatoms. The number of nitrogens with two attached hydrogens (primary N) is 1. The summed E-state index contributed by atoms with van der Waals surface area (Å²) in [5.41, 5.74) is 4.95. The van der Waals surface area contributed by atoms with Crippen molar-refractivity contribution >= 4 is 17.3 Å². The minimum Gasteiger partial charge on any atom is -0.481 e. The van der Waals surface area contributed by atoms with Gasteiger partial charge in [0.1, 0.15) is 0 Å². The molecule has 0 saturated carbocycles. The highest BCUT2D eigenvalue weighted by Crippen LogP contribution is 2.31. The summed E-state index contributed by atoms with van der Waals surface area (Å²) in [6, 6.07) is 1.05. The Labute approximate surface area is 78.5 Å². The summed E-state index contributed by atoms with van der Waals surface area (Å²) in [4.78, 5) is 3.55. The molecular formula is C7H7ClF2N2O. The van der Waals surface area contributed by atoms with Gasteiger partial charge in [-0.1, -0.05) is 11.6 Å². The molecule has 1 aromatic heterocycles. The molecule has 13 heavy (non-hydrogen) atoms. The average Bonchev–Trinajstić information content (AvgIpc) is 2.08. The van der Waals surface area contributed by atoms with Crippen LogP contribution in [-0.4, -0.2) is 12.1 Å². The van der Waals surface area contributed by atoms with Gasteiger partial charge in [-0.05, 0) is 6.07 Å². The Bertz CT molecular complexity index is 320. The number of methoxy groups -OCH3 is 1. The second kappa shape index (κ2) is 3.74. The van der Waals surface area contributed by atoms with E-state index in [4.69, 9.17) is 17.3 Å². The molecule has 1 heterocycles. The van der Waals surface area contributed by atoms with Gasteiger partial charge in [0.15, 0.2) is 5.15 Å². The van der Waals surface area contributed by atoms with Crippen LogP contribution < -0.4 is 10.5 Å². The number of rotatable bonds is 2. The fraction of sp³-hybridized carbons (Fsp3) is 0.286. The zero-order valence-electron chi connectivity index (χ0n) is 6.72. The summed E-state index contributed by atoms with van der Waals surface area (Å²) in [5, 5.41) is -0.0405. The van der Waals surface area contributed by atoms with Crippen LogP contribution in [0.25, 0.3) is 0 Å². The molecule has 0 unspecified atom stereocenters. The first-order chi connectivity index (χ1) is 6.06. The molecule has 3 nitrogen and oxygen atoms in total. The van der Waals surface area contributed by atoms with Crippen LogP contribution in [0, 0.1) is 0 Å². The third kappa shape index (κ3) is 1.98. The lowest BCUT2D eigenvalue weighted by Gasteiger charge is -2.07. The van der Waals surface area contributed by atoms with Gasteiger partial charge in [-0.25, -0.2) is 8.78 Å². The van der Waals surface area contributed by atoms with Crippen LogP contribution in [0.15, 0.2) is 6.07 Å². The number of halogens is 3. The summed E-state index contributed by atoms with van der Waals surface area (Å²) >= 11 is 5.51. The zero-order valence-corrected chi connectivity index (χ0v) is 7.48. The molecule has 0 atom stereocenters. The first-order valence-corrected chi connectivity index (χ1v) is 3.72. The van der Waals surface area contributed by atoms with Crippen molar-refractivity contribution in [2.75, 3.05) is 12.8 Å². The number of nitrogens with zero attached hydrogens (tertiary/aromatic N) is 1. The smallest absolute Gasteiger partial charge is 0.269 e. The van der Waals surface area contributed by atoms with Crippen molar-refractivity contribution < 1.29 is 13.5 Å². The molecule has 72 valence electrons. The lowest BCUT2D eigenvalue weighted by atomic mass is 10.2. The summed E-state index contributed by atoms with van der Waals surface area (Å²) in [7, 11) is 1.24. The molecule has 0 aliphatic rings. The second-order valence-electron chi connectivity index (χ2n) is 2.27. The van der Waals surface area contributed by atoms with Crippen molar-refractivity contribution in [3.05, 3.63) is 16.8 Å². The van der Waals surface area contributed by atoms with E-state index in [0.29, 0.717) is 0 Å². The molecule has 0 aliphatic carbocycles. The van der Waals surface area contributed by atoms with Gasteiger partial charge >= 0.3 is 0 Å². The monoisotopic (exact) mass is 208 g/mol. The first-order valence-electron chi connectivity index (χ1n) is 3.34. The van der Waals surface area contributed by atoms with Crippen molar-refractivity contribution in [3.8, 4) is 5.88 Å². The van der Waals surface area contributed by atoms with E-state index in [-0.39, 0.29) is 22.3 Å². The number of ether oxygens (including phenoxy) is 1. The minimum absolute atomic E-state index is 0.0118. The van der Waals surface area contributed by atoms with E-state index in [2.05, 4.69) is 9.72 Å². The lowest BCUT2D eigenvalue weighted by molar-refractivity contribution is 0.146. The second-order valence-corrected chi connectivity index (χ2v) is 2.63. The van der Waals surface area contributed by atoms with E-state index in [9.17, 15) is 8.78 Å². The Morgan fingerprint density at radius 3 is 2.69 bits per heavy atom. The molecular weight excluding hydrogens is 202 g/mol. The maximum atomic E-state index is 12.3. The predicted octanol–water partition coefficient (Wildman–Crippen LogP) is 2.26. The van der Waals surface area contributed by atoms with Gasteiger partial charge in [0.2, 0.25) is 5.88 Å². The van der Waals surface area contributed by atoms with Crippen LogP contribution in [0.2, 0.25) is 5.15 Å². The van der Waals surface area contributed by atoms with Crippen molar-refractivity contribution in [2.24, 2.45) is 0 Å². The normalized spacial score (nSPS) is 10.5. The summed E-state index contributed by atoms with van der Waals surface area (Å²) in [6.45, 7) is 0. The van der Waals surface area contributed by atoms with E-state index in [1.165, 1.54) is 7.11 Å². The maximum absolute atomic E-state index is 12.3. The third-order valence-electron chi connectivity index (χ3n) is 1.42. The van der Waals surface area contributed by atoms with Gasteiger partial charge < -0.3 is 10.5 Å². The van der Waals surface area contributed by atoms with Crippen LogP contribution >= 0.6 is 11.6 Å².